The second-order valence-corrected chi connectivity index (χ2v) is 3.02. The SMILES string of the molecule is COC(=O)C(O)C1CCCCN1. The fourth-order valence-corrected chi connectivity index (χ4v) is 1.43. The topological polar surface area (TPSA) is 58.6 Å². The van der Waals surface area contributed by atoms with E-state index in [1.165, 1.54) is 7.11 Å². The van der Waals surface area contributed by atoms with Gasteiger partial charge in [0.25, 0.3) is 0 Å². The molecule has 0 spiro atoms. The Morgan fingerprint density at radius 2 is 2.42 bits per heavy atom. The molecular weight excluding hydrogens is 158 g/mol. The summed E-state index contributed by atoms with van der Waals surface area (Å²) in [5.74, 6) is -0.547. The van der Waals surface area contributed by atoms with Crippen LogP contribution < -0.4 is 5.32 Å². The highest BCUT2D eigenvalue weighted by atomic mass is 16.5. The minimum Gasteiger partial charge on any atom is -0.467 e. The molecule has 0 saturated carbocycles. The van der Waals surface area contributed by atoms with Crippen LogP contribution in [0.4, 0.5) is 0 Å². The fourth-order valence-electron chi connectivity index (χ4n) is 1.43. The first-order valence-corrected chi connectivity index (χ1v) is 4.25. The second-order valence-electron chi connectivity index (χ2n) is 3.02. The molecule has 2 unspecified atom stereocenters. The van der Waals surface area contributed by atoms with E-state index >= 15 is 0 Å². The van der Waals surface area contributed by atoms with Crippen LogP contribution in [0.15, 0.2) is 0 Å². The van der Waals surface area contributed by atoms with Crippen molar-refractivity contribution >= 4 is 5.97 Å². The van der Waals surface area contributed by atoms with Gasteiger partial charge in [-0.2, -0.15) is 0 Å². The highest BCUT2D eigenvalue weighted by Gasteiger charge is 2.27. The number of rotatable bonds is 2. The maximum absolute atomic E-state index is 10.9. The summed E-state index contributed by atoms with van der Waals surface area (Å²) in [5.41, 5.74) is 0. The summed E-state index contributed by atoms with van der Waals surface area (Å²) < 4.78 is 4.44. The van der Waals surface area contributed by atoms with Crippen LogP contribution in [0.5, 0.6) is 0 Å². The van der Waals surface area contributed by atoms with Gasteiger partial charge in [-0.05, 0) is 19.4 Å². The molecule has 2 N–H and O–H groups in total. The van der Waals surface area contributed by atoms with Crippen LogP contribution in [0.1, 0.15) is 19.3 Å². The number of hydrogen-bond donors (Lipinski definition) is 2. The zero-order chi connectivity index (χ0) is 8.97. The average Bonchev–Trinajstić information content (AvgIpc) is 2.17. The molecule has 0 radical (unpaired) electrons. The largest absolute Gasteiger partial charge is 0.467 e. The van der Waals surface area contributed by atoms with E-state index < -0.39 is 12.1 Å². The van der Waals surface area contributed by atoms with Gasteiger partial charge in [0, 0.05) is 6.04 Å². The Bertz CT molecular complexity index is 154. The van der Waals surface area contributed by atoms with Crippen molar-refractivity contribution in [2.75, 3.05) is 13.7 Å². The molecular formula is C8H15NO3. The number of nitrogens with one attached hydrogen (secondary N) is 1. The standard InChI is InChI=1S/C8H15NO3/c1-12-8(11)7(10)6-4-2-3-5-9-6/h6-7,9-10H,2-5H2,1H3. The third kappa shape index (κ3) is 2.19. The number of carbonyl (C=O) groups is 1. The Balaban J connectivity index is 2.39. The van der Waals surface area contributed by atoms with Crippen LogP contribution in [0.3, 0.4) is 0 Å². The predicted molar refractivity (Wildman–Crippen MR) is 43.7 cm³/mol. The van der Waals surface area contributed by atoms with Gasteiger partial charge in [0.05, 0.1) is 7.11 Å². The molecule has 0 aromatic carbocycles. The lowest BCUT2D eigenvalue weighted by Gasteiger charge is -2.26. The number of methoxy groups -OCH3 is 1. The van der Waals surface area contributed by atoms with Gasteiger partial charge < -0.3 is 15.2 Å². The van der Waals surface area contributed by atoms with Crippen molar-refractivity contribution < 1.29 is 14.6 Å². The van der Waals surface area contributed by atoms with Crippen molar-refractivity contribution in [3.63, 3.8) is 0 Å². The summed E-state index contributed by atoms with van der Waals surface area (Å²) in [5, 5.41) is 12.5. The van der Waals surface area contributed by atoms with Gasteiger partial charge in [0.15, 0.2) is 6.10 Å². The summed E-state index contributed by atoms with van der Waals surface area (Å²) in [4.78, 5) is 10.9. The number of esters is 1. The molecule has 1 fully saturated rings. The maximum Gasteiger partial charge on any atom is 0.336 e. The Hall–Kier alpha value is -0.610. The average molecular weight is 173 g/mol. The molecule has 1 heterocycles. The van der Waals surface area contributed by atoms with E-state index in [9.17, 15) is 9.90 Å². The van der Waals surface area contributed by atoms with Gasteiger partial charge >= 0.3 is 5.97 Å². The molecule has 70 valence electrons. The number of aliphatic hydroxyl groups is 1. The molecule has 0 aliphatic carbocycles. The van der Waals surface area contributed by atoms with Crippen molar-refractivity contribution in [3.05, 3.63) is 0 Å². The molecule has 0 amide bonds. The molecule has 1 aliphatic heterocycles. The first-order valence-electron chi connectivity index (χ1n) is 4.25. The van der Waals surface area contributed by atoms with Crippen LogP contribution in [-0.2, 0) is 9.53 Å². The molecule has 0 bridgehead atoms. The van der Waals surface area contributed by atoms with Gasteiger partial charge in [0.2, 0.25) is 0 Å². The maximum atomic E-state index is 10.9. The zero-order valence-electron chi connectivity index (χ0n) is 7.25. The second kappa shape index (κ2) is 4.42. The molecule has 1 aliphatic rings. The van der Waals surface area contributed by atoms with Crippen molar-refractivity contribution in [1.82, 2.24) is 5.32 Å². The summed E-state index contributed by atoms with van der Waals surface area (Å²) in [6.07, 6.45) is 2.02. The van der Waals surface area contributed by atoms with E-state index in [1.54, 1.807) is 0 Å². The summed E-state index contributed by atoms with van der Waals surface area (Å²) in [7, 11) is 1.29. The van der Waals surface area contributed by atoms with Crippen molar-refractivity contribution in [3.8, 4) is 0 Å². The van der Waals surface area contributed by atoms with Gasteiger partial charge in [-0.1, -0.05) is 6.42 Å². The van der Waals surface area contributed by atoms with E-state index in [4.69, 9.17) is 0 Å². The smallest absolute Gasteiger partial charge is 0.336 e. The molecule has 4 nitrogen and oxygen atoms in total. The number of carbonyl (C=O) groups excluding carboxylic acids is 1. The van der Waals surface area contributed by atoms with E-state index in [1.807, 2.05) is 0 Å². The lowest BCUT2D eigenvalue weighted by molar-refractivity contribution is -0.152. The number of hydrogen-bond acceptors (Lipinski definition) is 4. The summed E-state index contributed by atoms with van der Waals surface area (Å²) in [6, 6.07) is -0.119. The minimum atomic E-state index is -1.00. The van der Waals surface area contributed by atoms with Crippen LogP contribution in [-0.4, -0.2) is 36.9 Å². The third-order valence-electron chi connectivity index (χ3n) is 2.17. The Morgan fingerprint density at radius 3 is 2.92 bits per heavy atom. The van der Waals surface area contributed by atoms with Crippen molar-refractivity contribution in [2.45, 2.75) is 31.4 Å². The Morgan fingerprint density at radius 1 is 1.67 bits per heavy atom. The quantitative estimate of drug-likeness (QED) is 0.561. The Labute approximate surface area is 71.9 Å². The highest BCUT2D eigenvalue weighted by Crippen LogP contribution is 2.10. The van der Waals surface area contributed by atoms with Crippen LogP contribution in [0.25, 0.3) is 0 Å². The molecule has 2 atom stereocenters. The first kappa shape index (κ1) is 9.48. The molecule has 0 aromatic heterocycles. The van der Waals surface area contributed by atoms with Gasteiger partial charge in [-0.3, -0.25) is 0 Å². The van der Waals surface area contributed by atoms with Gasteiger partial charge in [0.1, 0.15) is 0 Å². The van der Waals surface area contributed by atoms with Crippen molar-refractivity contribution in [1.29, 1.82) is 0 Å². The molecule has 0 aromatic rings. The predicted octanol–water partition coefficient (Wildman–Crippen LogP) is -0.338. The van der Waals surface area contributed by atoms with E-state index in [0.29, 0.717) is 0 Å². The molecule has 1 saturated heterocycles. The van der Waals surface area contributed by atoms with Gasteiger partial charge in [-0.15, -0.1) is 0 Å². The molecule has 12 heavy (non-hydrogen) atoms. The van der Waals surface area contributed by atoms with E-state index in [0.717, 1.165) is 25.8 Å². The number of ether oxygens (including phenoxy) is 1. The van der Waals surface area contributed by atoms with Crippen LogP contribution in [0.2, 0.25) is 0 Å². The van der Waals surface area contributed by atoms with E-state index in [-0.39, 0.29) is 6.04 Å². The highest BCUT2D eigenvalue weighted by molar-refractivity contribution is 5.75. The van der Waals surface area contributed by atoms with E-state index in [2.05, 4.69) is 10.1 Å². The van der Waals surface area contributed by atoms with Gasteiger partial charge in [-0.25, -0.2) is 4.79 Å². The monoisotopic (exact) mass is 173 g/mol. The number of aliphatic hydroxyl groups excluding tert-OH is 1. The van der Waals surface area contributed by atoms with Crippen LogP contribution >= 0.6 is 0 Å². The summed E-state index contributed by atoms with van der Waals surface area (Å²) in [6.45, 7) is 0.874. The molecule has 4 heteroatoms. The normalized spacial score (nSPS) is 26.3. The minimum absolute atomic E-state index is 0.119. The summed E-state index contributed by atoms with van der Waals surface area (Å²) >= 11 is 0. The third-order valence-corrected chi connectivity index (χ3v) is 2.17. The Kier molecular flexibility index (Phi) is 3.49. The molecule has 1 rings (SSSR count). The zero-order valence-corrected chi connectivity index (χ0v) is 7.25. The first-order chi connectivity index (χ1) is 5.75. The fraction of sp³-hybridized carbons (Fsp3) is 0.875. The van der Waals surface area contributed by atoms with Crippen molar-refractivity contribution in [2.24, 2.45) is 0 Å². The lowest BCUT2D eigenvalue weighted by atomic mass is 10.0. The van der Waals surface area contributed by atoms with Crippen LogP contribution in [0, 0.1) is 0 Å². The number of piperidine rings is 1. The lowest BCUT2D eigenvalue weighted by Crippen LogP contribution is -2.47.